The molecular formula is C23H22Cl2N2O4S. The molecule has 0 aliphatic rings. The Hall–Kier alpha value is -2.74. The molecule has 0 unspecified atom stereocenters. The van der Waals surface area contributed by atoms with Crippen LogP contribution in [0.15, 0.2) is 77.7 Å². The van der Waals surface area contributed by atoms with E-state index >= 15 is 0 Å². The quantitative estimate of drug-likeness (QED) is 0.460. The smallest absolute Gasteiger partial charge is 0.264 e. The van der Waals surface area contributed by atoms with Gasteiger partial charge in [-0.3, -0.25) is 9.10 Å². The molecular weight excluding hydrogens is 471 g/mol. The van der Waals surface area contributed by atoms with Gasteiger partial charge in [0.15, 0.2) is 0 Å². The Morgan fingerprint density at radius 3 is 2.16 bits per heavy atom. The van der Waals surface area contributed by atoms with Gasteiger partial charge in [0.05, 0.1) is 17.2 Å². The summed E-state index contributed by atoms with van der Waals surface area (Å²) in [5, 5.41) is 3.75. The van der Waals surface area contributed by atoms with Gasteiger partial charge in [0.25, 0.3) is 10.0 Å². The number of halogens is 2. The molecule has 3 aromatic carbocycles. The first-order valence-electron chi connectivity index (χ1n) is 9.82. The maximum atomic E-state index is 13.5. The number of hydrogen-bond acceptors (Lipinski definition) is 4. The summed E-state index contributed by atoms with van der Waals surface area (Å²) in [4.78, 5) is 12.8. The summed E-state index contributed by atoms with van der Waals surface area (Å²) >= 11 is 11.8. The number of carbonyl (C=O) groups is 1. The van der Waals surface area contributed by atoms with Crippen LogP contribution in [0.4, 0.5) is 5.69 Å². The second kappa shape index (κ2) is 10.7. The fraction of sp³-hybridized carbons (Fsp3) is 0.174. The Labute approximate surface area is 197 Å². The molecule has 0 aromatic heterocycles. The van der Waals surface area contributed by atoms with E-state index in [1.165, 1.54) is 24.3 Å². The van der Waals surface area contributed by atoms with Crippen molar-refractivity contribution in [3.63, 3.8) is 0 Å². The van der Waals surface area contributed by atoms with Gasteiger partial charge in [0, 0.05) is 16.6 Å². The van der Waals surface area contributed by atoms with Crippen LogP contribution in [-0.2, 0) is 21.4 Å². The molecule has 168 valence electrons. The lowest BCUT2D eigenvalue weighted by molar-refractivity contribution is -0.119. The van der Waals surface area contributed by atoms with Crippen LogP contribution in [0, 0.1) is 0 Å². The Bertz CT molecular complexity index is 1170. The van der Waals surface area contributed by atoms with Crippen molar-refractivity contribution < 1.29 is 17.9 Å². The molecule has 0 atom stereocenters. The number of nitrogens with one attached hydrogen (secondary N) is 1. The number of sulfonamides is 1. The van der Waals surface area contributed by atoms with Gasteiger partial charge in [-0.1, -0.05) is 47.5 Å². The molecule has 0 saturated carbocycles. The van der Waals surface area contributed by atoms with Gasteiger partial charge in [0.2, 0.25) is 5.91 Å². The van der Waals surface area contributed by atoms with Crippen molar-refractivity contribution in [2.24, 2.45) is 0 Å². The normalized spacial score (nSPS) is 11.1. The highest BCUT2D eigenvalue weighted by Gasteiger charge is 2.29. The Morgan fingerprint density at radius 2 is 1.53 bits per heavy atom. The average molecular weight is 493 g/mol. The zero-order chi connectivity index (χ0) is 23.1. The second-order valence-corrected chi connectivity index (χ2v) is 9.50. The highest BCUT2D eigenvalue weighted by Crippen LogP contribution is 2.32. The molecule has 0 saturated heterocycles. The van der Waals surface area contributed by atoms with E-state index in [1.54, 1.807) is 55.5 Å². The van der Waals surface area contributed by atoms with Gasteiger partial charge in [-0.25, -0.2) is 8.42 Å². The Kier molecular flexibility index (Phi) is 8.01. The third kappa shape index (κ3) is 5.94. The van der Waals surface area contributed by atoms with Gasteiger partial charge in [-0.15, -0.1) is 0 Å². The van der Waals surface area contributed by atoms with Gasteiger partial charge in [-0.05, 0) is 61.0 Å². The molecule has 3 rings (SSSR count). The standard InChI is InChI=1S/C23H22Cl2N2O4S/c1-2-31-22-6-4-3-5-21(22)27(32(29,30)20-13-11-19(25)12-14-20)16-23(28)26-15-17-7-9-18(24)10-8-17/h3-14H,2,15-16H2,1H3,(H,26,28). The predicted octanol–water partition coefficient (Wildman–Crippen LogP) is 4.90. The van der Waals surface area contributed by atoms with Crippen molar-refractivity contribution in [2.75, 3.05) is 17.5 Å². The van der Waals surface area contributed by atoms with E-state index in [0.29, 0.717) is 22.4 Å². The van der Waals surface area contributed by atoms with Gasteiger partial charge in [-0.2, -0.15) is 0 Å². The molecule has 3 aromatic rings. The molecule has 0 radical (unpaired) electrons. The summed E-state index contributed by atoms with van der Waals surface area (Å²) in [6.07, 6.45) is 0. The highest BCUT2D eigenvalue weighted by molar-refractivity contribution is 7.92. The molecule has 0 aliphatic heterocycles. The molecule has 0 heterocycles. The van der Waals surface area contributed by atoms with Crippen molar-refractivity contribution in [2.45, 2.75) is 18.4 Å². The summed E-state index contributed by atoms with van der Waals surface area (Å²) in [5.41, 5.74) is 1.11. The van der Waals surface area contributed by atoms with Crippen molar-refractivity contribution in [1.29, 1.82) is 0 Å². The highest BCUT2D eigenvalue weighted by atomic mass is 35.5. The van der Waals surface area contributed by atoms with Crippen molar-refractivity contribution >= 4 is 44.8 Å². The monoisotopic (exact) mass is 492 g/mol. The van der Waals surface area contributed by atoms with E-state index in [4.69, 9.17) is 27.9 Å². The Morgan fingerprint density at radius 1 is 0.938 bits per heavy atom. The molecule has 1 amide bonds. The molecule has 9 heteroatoms. The summed E-state index contributed by atoms with van der Waals surface area (Å²) in [7, 11) is -4.08. The predicted molar refractivity (Wildman–Crippen MR) is 127 cm³/mol. The van der Waals surface area contributed by atoms with Crippen LogP contribution in [0.3, 0.4) is 0 Å². The largest absolute Gasteiger partial charge is 0.492 e. The topological polar surface area (TPSA) is 75.7 Å². The van der Waals surface area contributed by atoms with Gasteiger partial charge < -0.3 is 10.1 Å². The van der Waals surface area contributed by atoms with Crippen LogP contribution in [0.2, 0.25) is 10.0 Å². The first-order valence-corrected chi connectivity index (χ1v) is 12.0. The first-order chi connectivity index (χ1) is 15.3. The summed E-state index contributed by atoms with van der Waals surface area (Å²) in [5.74, 6) is -0.109. The summed E-state index contributed by atoms with van der Waals surface area (Å²) in [6.45, 7) is 1.95. The molecule has 0 spiro atoms. The summed E-state index contributed by atoms with van der Waals surface area (Å²) in [6, 6.07) is 19.5. The molecule has 1 N–H and O–H groups in total. The Balaban J connectivity index is 1.91. The average Bonchev–Trinajstić information content (AvgIpc) is 2.78. The maximum Gasteiger partial charge on any atom is 0.264 e. The minimum atomic E-state index is -4.08. The van der Waals surface area contributed by atoms with Crippen LogP contribution in [0.5, 0.6) is 5.75 Å². The molecule has 32 heavy (non-hydrogen) atoms. The maximum absolute atomic E-state index is 13.5. The number of amides is 1. The number of hydrogen-bond donors (Lipinski definition) is 1. The molecule has 6 nitrogen and oxygen atoms in total. The number of anilines is 1. The first kappa shape index (κ1) is 23.9. The number of para-hydroxylation sites is 2. The number of ether oxygens (including phenoxy) is 1. The van der Waals surface area contributed by atoms with E-state index < -0.39 is 22.5 Å². The van der Waals surface area contributed by atoms with E-state index in [0.717, 1.165) is 9.87 Å². The number of rotatable bonds is 9. The van der Waals surface area contributed by atoms with Crippen molar-refractivity contribution in [3.05, 3.63) is 88.4 Å². The van der Waals surface area contributed by atoms with Crippen LogP contribution in [0.1, 0.15) is 12.5 Å². The lowest BCUT2D eigenvalue weighted by Crippen LogP contribution is -2.40. The second-order valence-electron chi connectivity index (χ2n) is 6.77. The fourth-order valence-electron chi connectivity index (χ4n) is 2.96. The molecule has 0 bridgehead atoms. The number of carbonyl (C=O) groups excluding carboxylic acids is 1. The lowest BCUT2D eigenvalue weighted by atomic mass is 10.2. The third-order valence-corrected chi connectivity index (χ3v) is 6.80. The molecule has 0 fully saturated rings. The van der Waals surface area contributed by atoms with Crippen LogP contribution < -0.4 is 14.4 Å². The lowest BCUT2D eigenvalue weighted by Gasteiger charge is -2.26. The SMILES string of the molecule is CCOc1ccccc1N(CC(=O)NCc1ccc(Cl)cc1)S(=O)(=O)c1ccc(Cl)cc1. The zero-order valence-electron chi connectivity index (χ0n) is 17.3. The number of benzene rings is 3. The van der Waals surface area contributed by atoms with E-state index in [9.17, 15) is 13.2 Å². The molecule has 0 aliphatic carbocycles. The van der Waals surface area contributed by atoms with Crippen molar-refractivity contribution in [3.8, 4) is 5.75 Å². The van der Waals surface area contributed by atoms with E-state index in [1.807, 2.05) is 0 Å². The van der Waals surface area contributed by atoms with Gasteiger partial charge >= 0.3 is 0 Å². The third-order valence-electron chi connectivity index (χ3n) is 4.53. The number of nitrogens with zero attached hydrogens (tertiary/aromatic N) is 1. The minimum Gasteiger partial charge on any atom is -0.492 e. The van der Waals surface area contributed by atoms with Crippen LogP contribution >= 0.6 is 23.2 Å². The van der Waals surface area contributed by atoms with E-state index in [2.05, 4.69) is 5.32 Å². The summed E-state index contributed by atoms with van der Waals surface area (Å²) < 4.78 is 33.6. The van der Waals surface area contributed by atoms with E-state index in [-0.39, 0.29) is 17.1 Å². The zero-order valence-corrected chi connectivity index (χ0v) is 19.6. The van der Waals surface area contributed by atoms with Crippen molar-refractivity contribution in [1.82, 2.24) is 5.32 Å². The fourth-order valence-corrected chi connectivity index (χ4v) is 4.65. The minimum absolute atomic E-state index is 0.0127. The van der Waals surface area contributed by atoms with Crippen LogP contribution in [0.25, 0.3) is 0 Å². The van der Waals surface area contributed by atoms with Crippen LogP contribution in [-0.4, -0.2) is 27.5 Å². The van der Waals surface area contributed by atoms with Gasteiger partial charge in [0.1, 0.15) is 12.3 Å².